The number of aromatic amines is 1. The summed E-state index contributed by atoms with van der Waals surface area (Å²) in [6, 6.07) is 26.2. The third-order valence-electron chi connectivity index (χ3n) is 5.08. The fourth-order valence-electron chi connectivity index (χ4n) is 3.98. The standard InChI is InChI=1S/C22H16N2O/c25-21-17-11-4-6-12-18(17)22(24-21,15-8-2-1-3-9-15)19-14-23-20-13-7-5-10-16(19)20/h1-14,23H,(H,24,25)/t22-/m1/s1. The highest BCUT2D eigenvalue weighted by Crippen LogP contribution is 2.44. The van der Waals surface area contributed by atoms with Crippen LogP contribution in [0.2, 0.25) is 0 Å². The number of carbonyl (C=O) groups is 1. The van der Waals surface area contributed by atoms with E-state index in [2.05, 4.69) is 34.6 Å². The molecule has 25 heavy (non-hydrogen) atoms. The summed E-state index contributed by atoms with van der Waals surface area (Å²) >= 11 is 0. The number of hydrogen-bond acceptors (Lipinski definition) is 1. The maximum atomic E-state index is 12.8. The van der Waals surface area contributed by atoms with Gasteiger partial charge in [0, 0.05) is 28.2 Å². The lowest BCUT2D eigenvalue weighted by atomic mass is 9.78. The molecule has 0 aliphatic carbocycles. The first-order valence-electron chi connectivity index (χ1n) is 8.35. The highest BCUT2D eigenvalue weighted by atomic mass is 16.2. The zero-order valence-electron chi connectivity index (χ0n) is 13.5. The Morgan fingerprint density at radius 3 is 2.32 bits per heavy atom. The van der Waals surface area contributed by atoms with Crippen LogP contribution in [-0.4, -0.2) is 10.9 Å². The van der Waals surface area contributed by atoms with Crippen molar-refractivity contribution in [3.05, 3.63) is 107 Å². The van der Waals surface area contributed by atoms with Gasteiger partial charge >= 0.3 is 0 Å². The third kappa shape index (κ3) is 1.83. The van der Waals surface area contributed by atoms with Crippen LogP contribution in [0.1, 0.15) is 27.0 Å². The van der Waals surface area contributed by atoms with Gasteiger partial charge in [-0.2, -0.15) is 0 Å². The summed E-state index contributed by atoms with van der Waals surface area (Å²) in [5, 5.41) is 4.40. The fourth-order valence-corrected chi connectivity index (χ4v) is 3.98. The van der Waals surface area contributed by atoms with Gasteiger partial charge in [0.2, 0.25) is 0 Å². The summed E-state index contributed by atoms with van der Waals surface area (Å²) in [5.41, 5.74) is 4.22. The van der Waals surface area contributed by atoms with Crippen LogP contribution in [0.3, 0.4) is 0 Å². The summed E-state index contributed by atoms with van der Waals surface area (Å²) in [5.74, 6) is -0.0373. The average molecular weight is 324 g/mol. The topological polar surface area (TPSA) is 44.9 Å². The van der Waals surface area contributed by atoms with Crippen LogP contribution >= 0.6 is 0 Å². The molecule has 5 rings (SSSR count). The maximum absolute atomic E-state index is 12.8. The summed E-state index contributed by atoms with van der Waals surface area (Å²) in [4.78, 5) is 16.1. The molecular formula is C22H16N2O. The van der Waals surface area contributed by atoms with Crippen molar-refractivity contribution >= 4 is 16.8 Å². The van der Waals surface area contributed by atoms with Gasteiger partial charge in [-0.25, -0.2) is 0 Å². The van der Waals surface area contributed by atoms with Gasteiger partial charge in [-0.15, -0.1) is 0 Å². The molecule has 0 radical (unpaired) electrons. The van der Waals surface area contributed by atoms with Crippen molar-refractivity contribution in [3.63, 3.8) is 0 Å². The Morgan fingerprint density at radius 1 is 0.720 bits per heavy atom. The number of aromatic nitrogens is 1. The van der Waals surface area contributed by atoms with Gasteiger partial charge in [-0.05, 0) is 23.3 Å². The molecule has 0 bridgehead atoms. The number of nitrogens with one attached hydrogen (secondary N) is 2. The van der Waals surface area contributed by atoms with E-state index in [0.29, 0.717) is 0 Å². The minimum absolute atomic E-state index is 0.0373. The Bertz CT molecular complexity index is 1100. The van der Waals surface area contributed by atoms with E-state index in [-0.39, 0.29) is 5.91 Å². The molecular weight excluding hydrogens is 308 g/mol. The molecule has 2 N–H and O–H groups in total. The summed E-state index contributed by atoms with van der Waals surface area (Å²) in [6.07, 6.45) is 2.01. The van der Waals surface area contributed by atoms with E-state index in [0.717, 1.165) is 33.2 Å². The van der Waals surface area contributed by atoms with Gasteiger partial charge in [0.25, 0.3) is 5.91 Å². The zero-order valence-corrected chi connectivity index (χ0v) is 13.5. The minimum Gasteiger partial charge on any atom is -0.361 e. The van der Waals surface area contributed by atoms with Crippen molar-refractivity contribution in [2.75, 3.05) is 0 Å². The number of fused-ring (bicyclic) bond motifs is 2. The second-order valence-electron chi connectivity index (χ2n) is 6.36. The molecule has 1 aliphatic heterocycles. The largest absolute Gasteiger partial charge is 0.361 e. The predicted molar refractivity (Wildman–Crippen MR) is 98.5 cm³/mol. The van der Waals surface area contributed by atoms with Gasteiger partial charge < -0.3 is 10.3 Å². The number of hydrogen-bond donors (Lipinski definition) is 2. The quantitative estimate of drug-likeness (QED) is 0.570. The van der Waals surface area contributed by atoms with E-state index in [4.69, 9.17) is 0 Å². The molecule has 1 amide bonds. The summed E-state index contributed by atoms with van der Waals surface area (Å²) in [6.45, 7) is 0. The van der Waals surface area contributed by atoms with Gasteiger partial charge in [0.15, 0.2) is 0 Å². The SMILES string of the molecule is O=C1N[C@@](c2ccccc2)(c2c[nH]c3ccccc23)c2ccccc21. The van der Waals surface area contributed by atoms with Crippen molar-refractivity contribution in [2.45, 2.75) is 5.54 Å². The highest BCUT2D eigenvalue weighted by molar-refractivity contribution is 6.03. The van der Waals surface area contributed by atoms with Crippen molar-refractivity contribution in [1.82, 2.24) is 10.3 Å². The smallest absolute Gasteiger partial charge is 0.252 e. The van der Waals surface area contributed by atoms with Crippen LogP contribution in [0, 0.1) is 0 Å². The number of benzene rings is 3. The fraction of sp³-hybridized carbons (Fsp3) is 0.0455. The number of rotatable bonds is 2. The molecule has 1 aliphatic rings. The Morgan fingerprint density at radius 2 is 1.44 bits per heavy atom. The third-order valence-corrected chi connectivity index (χ3v) is 5.08. The first-order chi connectivity index (χ1) is 12.3. The zero-order chi connectivity index (χ0) is 16.9. The lowest BCUT2D eigenvalue weighted by molar-refractivity contribution is 0.0949. The number of carbonyl (C=O) groups excluding carboxylic acids is 1. The van der Waals surface area contributed by atoms with Gasteiger partial charge in [0.05, 0.1) is 0 Å². The van der Waals surface area contributed by atoms with Crippen LogP contribution in [0.25, 0.3) is 10.9 Å². The first-order valence-corrected chi connectivity index (χ1v) is 8.35. The van der Waals surface area contributed by atoms with Crippen LogP contribution < -0.4 is 5.32 Å². The van der Waals surface area contributed by atoms with E-state index in [1.807, 2.05) is 60.8 Å². The molecule has 3 nitrogen and oxygen atoms in total. The van der Waals surface area contributed by atoms with E-state index < -0.39 is 5.54 Å². The Labute approximate surface area is 145 Å². The molecule has 0 unspecified atom stereocenters. The van der Waals surface area contributed by atoms with E-state index >= 15 is 0 Å². The molecule has 0 fully saturated rings. The van der Waals surface area contributed by atoms with Crippen molar-refractivity contribution in [3.8, 4) is 0 Å². The monoisotopic (exact) mass is 324 g/mol. The predicted octanol–water partition coefficient (Wildman–Crippen LogP) is 4.20. The average Bonchev–Trinajstić information content (AvgIpc) is 3.23. The Balaban J connectivity index is 1.91. The van der Waals surface area contributed by atoms with Crippen LogP contribution in [0.15, 0.2) is 85.1 Å². The van der Waals surface area contributed by atoms with Crippen molar-refractivity contribution in [1.29, 1.82) is 0 Å². The molecule has 0 saturated heterocycles. The van der Waals surface area contributed by atoms with Gasteiger partial charge in [0.1, 0.15) is 5.54 Å². The van der Waals surface area contributed by atoms with E-state index in [9.17, 15) is 4.79 Å². The van der Waals surface area contributed by atoms with E-state index in [1.165, 1.54) is 0 Å². The van der Waals surface area contributed by atoms with Crippen LogP contribution in [-0.2, 0) is 5.54 Å². The molecule has 1 aromatic heterocycles. The van der Waals surface area contributed by atoms with E-state index in [1.54, 1.807) is 0 Å². The van der Waals surface area contributed by atoms with Crippen molar-refractivity contribution in [2.24, 2.45) is 0 Å². The number of para-hydroxylation sites is 1. The van der Waals surface area contributed by atoms with Gasteiger partial charge in [-0.1, -0.05) is 66.7 Å². The number of H-pyrrole nitrogens is 1. The minimum atomic E-state index is -0.686. The summed E-state index contributed by atoms with van der Waals surface area (Å²) in [7, 11) is 0. The number of amides is 1. The molecule has 2 heterocycles. The highest BCUT2D eigenvalue weighted by Gasteiger charge is 2.46. The maximum Gasteiger partial charge on any atom is 0.252 e. The Hall–Kier alpha value is -3.33. The molecule has 1 atom stereocenters. The molecule has 0 spiro atoms. The molecule has 4 aromatic rings. The van der Waals surface area contributed by atoms with Crippen LogP contribution in [0.5, 0.6) is 0 Å². The molecule has 120 valence electrons. The lowest BCUT2D eigenvalue weighted by Crippen LogP contribution is -2.41. The second-order valence-corrected chi connectivity index (χ2v) is 6.36. The normalized spacial score (nSPS) is 19.0. The summed E-state index contributed by atoms with van der Waals surface area (Å²) < 4.78 is 0. The molecule has 0 saturated carbocycles. The van der Waals surface area contributed by atoms with Crippen molar-refractivity contribution < 1.29 is 4.79 Å². The Kier molecular flexibility index (Phi) is 2.86. The first kappa shape index (κ1) is 14.1. The molecule has 3 aromatic carbocycles. The lowest BCUT2D eigenvalue weighted by Gasteiger charge is -2.31. The van der Waals surface area contributed by atoms with Gasteiger partial charge in [-0.3, -0.25) is 4.79 Å². The van der Waals surface area contributed by atoms with Crippen LogP contribution in [0.4, 0.5) is 0 Å². The second kappa shape index (κ2) is 5.08. The molecule has 3 heteroatoms.